The lowest BCUT2D eigenvalue weighted by molar-refractivity contribution is -0.150. The molecule has 8 nitrogen and oxygen atoms in total. The number of carboxylic acid groups (broad SMARTS) is 1. The lowest BCUT2D eigenvalue weighted by atomic mass is 9.80. The van der Waals surface area contributed by atoms with Gasteiger partial charge in [-0.25, -0.2) is 9.48 Å². The predicted molar refractivity (Wildman–Crippen MR) is 66.6 cm³/mol. The first-order chi connectivity index (χ1) is 8.92. The summed E-state index contributed by atoms with van der Waals surface area (Å²) >= 11 is 0. The highest BCUT2D eigenvalue weighted by Crippen LogP contribution is 2.31. The van der Waals surface area contributed by atoms with Gasteiger partial charge in [-0.05, 0) is 19.8 Å². The van der Waals surface area contributed by atoms with Crippen LogP contribution in [0.3, 0.4) is 0 Å². The molecule has 0 spiro atoms. The molecular formula is C11H17N5O3. The molecule has 0 bridgehead atoms. The van der Waals surface area contributed by atoms with E-state index in [1.165, 1.54) is 11.0 Å². The summed E-state index contributed by atoms with van der Waals surface area (Å²) in [6, 6.07) is -0.275. The Bertz CT molecular complexity index is 490. The van der Waals surface area contributed by atoms with Gasteiger partial charge in [-0.15, -0.1) is 0 Å². The van der Waals surface area contributed by atoms with Gasteiger partial charge in [0.2, 0.25) is 5.95 Å². The van der Waals surface area contributed by atoms with Crippen molar-refractivity contribution in [2.45, 2.75) is 19.8 Å². The fourth-order valence-corrected chi connectivity index (χ4v) is 2.00. The second kappa shape index (κ2) is 4.87. The average Bonchev–Trinajstić information content (AvgIpc) is 2.75. The van der Waals surface area contributed by atoms with Gasteiger partial charge in [-0.2, -0.15) is 10.1 Å². The van der Waals surface area contributed by atoms with E-state index >= 15 is 0 Å². The number of urea groups is 1. The molecule has 2 rings (SSSR count). The molecule has 1 aliphatic heterocycles. The summed E-state index contributed by atoms with van der Waals surface area (Å²) in [7, 11) is 1.68. The quantitative estimate of drug-likeness (QED) is 0.814. The van der Waals surface area contributed by atoms with Crippen LogP contribution in [0, 0.1) is 5.41 Å². The van der Waals surface area contributed by atoms with Crippen molar-refractivity contribution >= 4 is 17.9 Å². The number of amides is 2. The van der Waals surface area contributed by atoms with Gasteiger partial charge in [0.1, 0.15) is 6.33 Å². The van der Waals surface area contributed by atoms with Crippen LogP contribution in [-0.4, -0.2) is 49.9 Å². The van der Waals surface area contributed by atoms with Crippen molar-refractivity contribution in [2.24, 2.45) is 12.5 Å². The summed E-state index contributed by atoms with van der Waals surface area (Å²) in [6.07, 6.45) is 2.26. The minimum absolute atomic E-state index is 0.275. The second-order valence-corrected chi connectivity index (χ2v) is 4.99. The molecule has 1 aromatic rings. The zero-order valence-corrected chi connectivity index (χ0v) is 11.0. The third-order valence-electron chi connectivity index (χ3n) is 3.60. The minimum atomic E-state index is -0.805. The number of hydrogen-bond donors (Lipinski definition) is 2. The molecule has 0 unspecified atom stereocenters. The lowest BCUT2D eigenvalue weighted by Crippen LogP contribution is -2.46. The number of carboxylic acids is 1. The van der Waals surface area contributed by atoms with Gasteiger partial charge in [0.05, 0.1) is 5.41 Å². The average molecular weight is 267 g/mol. The Hall–Kier alpha value is -2.12. The summed E-state index contributed by atoms with van der Waals surface area (Å²) in [6.45, 7) is 2.56. The maximum absolute atomic E-state index is 12.0. The van der Waals surface area contributed by atoms with Crippen LogP contribution < -0.4 is 5.32 Å². The van der Waals surface area contributed by atoms with Crippen molar-refractivity contribution < 1.29 is 14.7 Å². The molecule has 0 aliphatic carbocycles. The summed E-state index contributed by atoms with van der Waals surface area (Å²) in [5, 5.41) is 15.6. The third-order valence-corrected chi connectivity index (χ3v) is 3.60. The number of nitrogens with zero attached hydrogens (tertiary/aromatic N) is 4. The highest BCUT2D eigenvalue weighted by molar-refractivity contribution is 5.87. The van der Waals surface area contributed by atoms with Crippen LogP contribution >= 0.6 is 0 Å². The summed E-state index contributed by atoms with van der Waals surface area (Å²) in [5.41, 5.74) is -0.735. The maximum atomic E-state index is 12.0. The van der Waals surface area contributed by atoms with Crippen molar-refractivity contribution in [3.8, 4) is 0 Å². The van der Waals surface area contributed by atoms with E-state index in [4.69, 9.17) is 5.11 Å². The van der Waals surface area contributed by atoms with Crippen LogP contribution in [-0.2, 0) is 11.8 Å². The molecule has 104 valence electrons. The first-order valence-corrected chi connectivity index (χ1v) is 6.06. The molecule has 2 N–H and O–H groups in total. The molecule has 0 radical (unpaired) electrons. The smallest absolute Gasteiger partial charge is 0.324 e. The number of piperidine rings is 1. The zero-order chi connectivity index (χ0) is 14.0. The fraction of sp³-hybridized carbons (Fsp3) is 0.636. The van der Waals surface area contributed by atoms with E-state index in [0.717, 1.165) is 0 Å². The van der Waals surface area contributed by atoms with Crippen LogP contribution in [0.4, 0.5) is 10.7 Å². The van der Waals surface area contributed by atoms with Crippen LogP contribution in [0.15, 0.2) is 6.33 Å². The monoisotopic (exact) mass is 267 g/mol. The molecule has 8 heteroatoms. The van der Waals surface area contributed by atoms with Crippen LogP contribution in [0.1, 0.15) is 19.8 Å². The van der Waals surface area contributed by atoms with E-state index in [1.54, 1.807) is 18.9 Å². The van der Waals surface area contributed by atoms with Gasteiger partial charge in [-0.1, -0.05) is 0 Å². The summed E-state index contributed by atoms with van der Waals surface area (Å²) in [4.78, 5) is 28.6. The number of nitrogens with one attached hydrogen (secondary N) is 1. The van der Waals surface area contributed by atoms with Gasteiger partial charge in [0.15, 0.2) is 0 Å². The molecule has 1 fully saturated rings. The van der Waals surface area contributed by atoms with E-state index in [-0.39, 0.29) is 6.03 Å². The molecule has 0 aromatic carbocycles. The van der Waals surface area contributed by atoms with Crippen molar-refractivity contribution in [2.75, 3.05) is 18.4 Å². The molecule has 1 saturated heterocycles. The Kier molecular flexibility index (Phi) is 3.41. The van der Waals surface area contributed by atoms with Crippen molar-refractivity contribution in [3.63, 3.8) is 0 Å². The highest BCUT2D eigenvalue weighted by atomic mass is 16.4. The number of aryl methyl sites for hydroxylation is 1. The van der Waals surface area contributed by atoms with Crippen LogP contribution in [0.5, 0.6) is 0 Å². The van der Waals surface area contributed by atoms with E-state index in [2.05, 4.69) is 15.4 Å². The standard InChI is InChI=1S/C11H17N5O3/c1-11(8(17)18)3-5-16(6-4-11)10(19)14-9-12-7-13-15(9)2/h7H,3-6H2,1-2H3,(H,17,18)(H,12,13,14,19). The highest BCUT2D eigenvalue weighted by Gasteiger charge is 2.38. The first-order valence-electron chi connectivity index (χ1n) is 6.06. The number of carbonyl (C=O) groups excluding carboxylic acids is 1. The molecule has 19 heavy (non-hydrogen) atoms. The van der Waals surface area contributed by atoms with Gasteiger partial charge >= 0.3 is 12.0 Å². The molecule has 0 atom stereocenters. The Morgan fingerprint density at radius 1 is 1.42 bits per heavy atom. The van der Waals surface area contributed by atoms with Crippen molar-refractivity contribution in [3.05, 3.63) is 6.33 Å². The Balaban J connectivity index is 1.93. The number of hydrogen-bond acceptors (Lipinski definition) is 4. The topological polar surface area (TPSA) is 100 Å². The van der Waals surface area contributed by atoms with E-state index in [9.17, 15) is 9.59 Å². The normalized spacial score (nSPS) is 18.1. The minimum Gasteiger partial charge on any atom is -0.481 e. The molecule has 0 saturated carbocycles. The third kappa shape index (κ3) is 2.67. The maximum Gasteiger partial charge on any atom is 0.324 e. The SMILES string of the molecule is Cn1ncnc1NC(=O)N1CCC(C)(C(=O)O)CC1. The predicted octanol–water partition coefficient (Wildman–Crippen LogP) is 0.534. The second-order valence-electron chi connectivity index (χ2n) is 4.99. The number of anilines is 1. The van der Waals surface area contributed by atoms with Gasteiger partial charge in [0, 0.05) is 20.1 Å². The Morgan fingerprint density at radius 2 is 2.05 bits per heavy atom. The fourth-order valence-electron chi connectivity index (χ4n) is 2.00. The Labute approximate surface area is 110 Å². The van der Waals surface area contributed by atoms with Crippen LogP contribution in [0.2, 0.25) is 0 Å². The largest absolute Gasteiger partial charge is 0.481 e. The Morgan fingerprint density at radius 3 is 2.53 bits per heavy atom. The summed E-state index contributed by atoms with van der Waals surface area (Å²) < 4.78 is 1.46. The summed E-state index contributed by atoms with van der Waals surface area (Å²) in [5.74, 6) is -0.433. The van der Waals surface area contributed by atoms with E-state index in [1.807, 2.05) is 0 Å². The molecular weight excluding hydrogens is 250 g/mol. The van der Waals surface area contributed by atoms with Crippen molar-refractivity contribution in [1.29, 1.82) is 0 Å². The number of rotatable bonds is 2. The van der Waals surface area contributed by atoms with Crippen LogP contribution in [0.25, 0.3) is 0 Å². The number of aromatic nitrogens is 3. The molecule has 1 aromatic heterocycles. The number of likely N-dealkylation sites (tertiary alicyclic amines) is 1. The molecule has 1 aliphatic rings. The van der Waals surface area contributed by atoms with E-state index in [0.29, 0.717) is 31.9 Å². The number of aliphatic carboxylic acids is 1. The number of carbonyl (C=O) groups is 2. The van der Waals surface area contributed by atoms with Gasteiger partial charge < -0.3 is 10.0 Å². The molecule has 2 amide bonds. The van der Waals surface area contributed by atoms with Gasteiger partial charge in [-0.3, -0.25) is 10.1 Å². The lowest BCUT2D eigenvalue weighted by Gasteiger charge is -2.36. The first kappa shape index (κ1) is 13.3. The molecule has 2 heterocycles. The van der Waals surface area contributed by atoms with Crippen molar-refractivity contribution in [1.82, 2.24) is 19.7 Å². The van der Waals surface area contributed by atoms with E-state index < -0.39 is 11.4 Å². The van der Waals surface area contributed by atoms with Gasteiger partial charge in [0.25, 0.3) is 0 Å². The zero-order valence-electron chi connectivity index (χ0n) is 11.0.